The standard InChI is InChI=1S/C21H21NO6/c1-22-7-6-11-8-15-16(27-10-26-15)9-13(11)18(22)19-12-4-5-14(24-2)20(25-3)17(12)21(23)28-19/h4-5,8-9,18-19H,6-7,10H2,1-3H3/t18-,19-/m0/s1. The van der Waals surface area contributed by atoms with E-state index >= 15 is 0 Å². The fourth-order valence-corrected chi connectivity index (χ4v) is 4.42. The Morgan fingerprint density at radius 3 is 2.61 bits per heavy atom. The molecule has 2 atom stereocenters. The minimum absolute atomic E-state index is 0.124. The van der Waals surface area contributed by atoms with Gasteiger partial charge in [-0.3, -0.25) is 4.90 Å². The van der Waals surface area contributed by atoms with Crippen molar-refractivity contribution < 1.29 is 28.5 Å². The van der Waals surface area contributed by atoms with Crippen LogP contribution in [-0.4, -0.2) is 45.5 Å². The third-order valence-electron chi connectivity index (χ3n) is 5.77. The third-order valence-corrected chi connectivity index (χ3v) is 5.77. The lowest BCUT2D eigenvalue weighted by molar-refractivity contribution is 0.00935. The van der Waals surface area contributed by atoms with E-state index in [1.54, 1.807) is 7.11 Å². The van der Waals surface area contributed by atoms with Crippen molar-refractivity contribution in [1.29, 1.82) is 0 Å². The Labute approximate surface area is 162 Å². The molecule has 0 aliphatic carbocycles. The van der Waals surface area contributed by atoms with Crippen molar-refractivity contribution in [3.63, 3.8) is 0 Å². The molecule has 3 aliphatic rings. The number of methoxy groups -OCH3 is 2. The number of carbonyl (C=O) groups is 1. The number of likely N-dealkylation sites (N-methyl/N-ethyl adjacent to an activating group) is 1. The van der Waals surface area contributed by atoms with E-state index in [1.807, 2.05) is 31.3 Å². The zero-order valence-corrected chi connectivity index (χ0v) is 16.0. The van der Waals surface area contributed by atoms with Crippen molar-refractivity contribution in [2.24, 2.45) is 0 Å². The number of benzene rings is 2. The number of hydrogen-bond donors (Lipinski definition) is 0. The lowest BCUT2D eigenvalue weighted by Gasteiger charge is -2.37. The summed E-state index contributed by atoms with van der Waals surface area (Å²) in [5, 5.41) is 0. The Balaban J connectivity index is 1.63. The van der Waals surface area contributed by atoms with E-state index in [4.69, 9.17) is 23.7 Å². The van der Waals surface area contributed by atoms with Gasteiger partial charge in [-0.05, 0) is 42.8 Å². The van der Waals surface area contributed by atoms with E-state index in [0.29, 0.717) is 17.1 Å². The van der Waals surface area contributed by atoms with Crippen LogP contribution in [0.2, 0.25) is 0 Å². The number of rotatable bonds is 3. The van der Waals surface area contributed by atoms with Gasteiger partial charge in [-0.2, -0.15) is 0 Å². The lowest BCUT2D eigenvalue weighted by Crippen LogP contribution is -2.36. The summed E-state index contributed by atoms with van der Waals surface area (Å²) in [4.78, 5) is 15.0. The molecule has 0 saturated heterocycles. The molecular formula is C21H21NO6. The number of carbonyl (C=O) groups excluding carboxylic acids is 1. The fourth-order valence-electron chi connectivity index (χ4n) is 4.42. The predicted octanol–water partition coefficient (Wildman–Crippen LogP) is 2.87. The molecular weight excluding hydrogens is 362 g/mol. The van der Waals surface area contributed by atoms with Gasteiger partial charge < -0.3 is 23.7 Å². The summed E-state index contributed by atoms with van der Waals surface area (Å²) in [5.41, 5.74) is 3.54. The molecule has 3 heterocycles. The first-order chi connectivity index (χ1) is 13.6. The van der Waals surface area contributed by atoms with Crippen LogP contribution in [-0.2, 0) is 11.2 Å². The second-order valence-electron chi connectivity index (χ2n) is 7.17. The average molecular weight is 383 g/mol. The first-order valence-electron chi connectivity index (χ1n) is 9.21. The monoisotopic (exact) mass is 383 g/mol. The molecule has 28 heavy (non-hydrogen) atoms. The maximum atomic E-state index is 12.8. The molecule has 0 amide bonds. The van der Waals surface area contributed by atoms with Crippen molar-refractivity contribution in [2.45, 2.75) is 18.6 Å². The molecule has 0 aromatic heterocycles. The van der Waals surface area contributed by atoms with Crippen LogP contribution in [0.3, 0.4) is 0 Å². The van der Waals surface area contributed by atoms with E-state index in [0.717, 1.165) is 35.6 Å². The molecule has 146 valence electrons. The summed E-state index contributed by atoms with van der Waals surface area (Å²) in [6.07, 6.45) is 0.463. The van der Waals surface area contributed by atoms with Gasteiger partial charge in [-0.25, -0.2) is 4.79 Å². The smallest absolute Gasteiger partial charge is 0.343 e. The van der Waals surface area contributed by atoms with Gasteiger partial charge in [0.15, 0.2) is 23.0 Å². The van der Waals surface area contributed by atoms with Crippen molar-refractivity contribution in [2.75, 3.05) is 34.6 Å². The largest absolute Gasteiger partial charge is 0.493 e. The Morgan fingerprint density at radius 2 is 1.86 bits per heavy atom. The zero-order chi connectivity index (χ0) is 19.4. The topological polar surface area (TPSA) is 66.5 Å². The Bertz CT molecular complexity index is 972. The second kappa shape index (κ2) is 6.31. The van der Waals surface area contributed by atoms with E-state index in [1.165, 1.54) is 12.7 Å². The molecule has 2 aromatic rings. The normalized spacial score (nSPS) is 22.5. The minimum atomic E-state index is -0.438. The van der Waals surface area contributed by atoms with Gasteiger partial charge in [0.2, 0.25) is 6.79 Å². The molecule has 0 radical (unpaired) electrons. The van der Waals surface area contributed by atoms with Gasteiger partial charge in [0, 0.05) is 12.1 Å². The molecule has 0 bridgehead atoms. The fraction of sp³-hybridized carbons (Fsp3) is 0.381. The van der Waals surface area contributed by atoms with Gasteiger partial charge in [-0.15, -0.1) is 0 Å². The summed E-state index contributed by atoms with van der Waals surface area (Å²) in [6, 6.07) is 7.65. The number of fused-ring (bicyclic) bond motifs is 3. The second-order valence-corrected chi connectivity index (χ2v) is 7.17. The van der Waals surface area contributed by atoms with Crippen molar-refractivity contribution in [3.05, 3.63) is 46.5 Å². The quantitative estimate of drug-likeness (QED) is 0.755. The molecule has 0 unspecified atom stereocenters. The third kappa shape index (κ3) is 2.36. The predicted molar refractivity (Wildman–Crippen MR) is 99.3 cm³/mol. The van der Waals surface area contributed by atoms with E-state index in [2.05, 4.69) is 4.90 Å². The lowest BCUT2D eigenvalue weighted by atomic mass is 9.86. The summed E-state index contributed by atoms with van der Waals surface area (Å²) < 4.78 is 27.8. The highest BCUT2D eigenvalue weighted by molar-refractivity contribution is 5.98. The Kier molecular flexibility index (Phi) is 3.87. The highest BCUT2D eigenvalue weighted by Crippen LogP contribution is 2.50. The molecule has 7 heteroatoms. The Morgan fingerprint density at radius 1 is 1.07 bits per heavy atom. The SMILES string of the molecule is COc1ccc2c(c1OC)C(=O)O[C@@H]2[C@@H]1c2cc3c(cc2CCN1C)OCO3. The maximum absolute atomic E-state index is 12.8. The molecule has 7 nitrogen and oxygen atoms in total. The van der Waals surface area contributed by atoms with Gasteiger partial charge in [0.25, 0.3) is 0 Å². The van der Waals surface area contributed by atoms with Crippen molar-refractivity contribution in [1.82, 2.24) is 4.90 Å². The summed E-state index contributed by atoms with van der Waals surface area (Å²) in [7, 11) is 5.13. The van der Waals surface area contributed by atoms with Gasteiger partial charge >= 0.3 is 5.97 Å². The van der Waals surface area contributed by atoms with E-state index in [9.17, 15) is 4.79 Å². The highest BCUT2D eigenvalue weighted by atomic mass is 16.7. The summed E-state index contributed by atoms with van der Waals surface area (Å²) in [5.74, 6) is 2.04. The number of esters is 1. The maximum Gasteiger partial charge on any atom is 0.343 e. The molecule has 0 N–H and O–H groups in total. The number of cyclic esters (lactones) is 1. The highest BCUT2D eigenvalue weighted by Gasteiger charge is 2.44. The van der Waals surface area contributed by atoms with Crippen LogP contribution in [0, 0.1) is 0 Å². The number of hydrogen-bond acceptors (Lipinski definition) is 7. The van der Waals surface area contributed by atoms with Crippen LogP contribution < -0.4 is 18.9 Å². The average Bonchev–Trinajstić information content (AvgIpc) is 3.29. The van der Waals surface area contributed by atoms with Gasteiger partial charge in [0.05, 0.1) is 20.3 Å². The van der Waals surface area contributed by atoms with Gasteiger partial charge in [0.1, 0.15) is 11.7 Å². The summed E-state index contributed by atoms with van der Waals surface area (Å²) in [6.45, 7) is 1.09. The van der Waals surface area contributed by atoms with Crippen molar-refractivity contribution in [3.8, 4) is 23.0 Å². The van der Waals surface area contributed by atoms with Crippen LogP contribution in [0.25, 0.3) is 0 Å². The molecule has 0 spiro atoms. The number of nitrogens with zero attached hydrogens (tertiary/aromatic N) is 1. The van der Waals surface area contributed by atoms with E-state index in [-0.39, 0.29) is 12.8 Å². The molecule has 5 rings (SSSR count). The van der Waals surface area contributed by atoms with Crippen LogP contribution in [0.1, 0.15) is 39.2 Å². The number of ether oxygens (including phenoxy) is 5. The van der Waals surface area contributed by atoms with Crippen LogP contribution in [0.4, 0.5) is 0 Å². The van der Waals surface area contributed by atoms with Crippen LogP contribution in [0.5, 0.6) is 23.0 Å². The first kappa shape index (κ1) is 17.2. The minimum Gasteiger partial charge on any atom is -0.493 e. The molecule has 0 fully saturated rings. The van der Waals surface area contributed by atoms with Crippen LogP contribution >= 0.6 is 0 Å². The van der Waals surface area contributed by atoms with Crippen molar-refractivity contribution >= 4 is 5.97 Å². The Hall–Kier alpha value is -2.93. The van der Waals surface area contributed by atoms with E-state index < -0.39 is 12.1 Å². The molecule has 3 aliphatic heterocycles. The molecule has 2 aromatic carbocycles. The van der Waals surface area contributed by atoms with Crippen LogP contribution in [0.15, 0.2) is 24.3 Å². The zero-order valence-electron chi connectivity index (χ0n) is 16.0. The van der Waals surface area contributed by atoms with Gasteiger partial charge in [-0.1, -0.05) is 6.07 Å². The first-order valence-corrected chi connectivity index (χ1v) is 9.21. The summed E-state index contributed by atoms with van der Waals surface area (Å²) >= 11 is 0. The molecule has 0 saturated carbocycles.